The van der Waals surface area contributed by atoms with Gasteiger partial charge in [0.25, 0.3) is 5.91 Å². The van der Waals surface area contributed by atoms with Crippen LogP contribution in [0.1, 0.15) is 16.8 Å². The number of carbonyl (C=O) groups excluding carboxylic acids is 1. The number of aliphatic carboxylic acids is 1. The Hall–Kier alpha value is -1.89. The molecule has 0 spiro atoms. The minimum Gasteiger partial charge on any atom is -0.481 e. The third-order valence-corrected chi connectivity index (χ3v) is 3.74. The first-order valence-corrected chi connectivity index (χ1v) is 6.97. The van der Waals surface area contributed by atoms with Crippen LogP contribution in [-0.4, -0.2) is 48.5 Å². The lowest BCUT2D eigenvalue weighted by molar-refractivity contribution is -0.136. The molecule has 1 aliphatic rings. The number of hydrogen-bond acceptors (Lipinski definition) is 5. The highest BCUT2D eigenvalue weighted by molar-refractivity contribution is 7.99. The highest BCUT2D eigenvalue weighted by atomic mass is 32.2. The van der Waals surface area contributed by atoms with Crippen molar-refractivity contribution >= 4 is 23.6 Å². The van der Waals surface area contributed by atoms with Gasteiger partial charge >= 0.3 is 5.97 Å². The van der Waals surface area contributed by atoms with Crippen molar-refractivity contribution in [3.63, 3.8) is 0 Å². The number of ether oxygens (including phenoxy) is 2. The summed E-state index contributed by atoms with van der Waals surface area (Å²) in [5.74, 6) is 0.499. The van der Waals surface area contributed by atoms with Crippen LogP contribution in [0.5, 0.6) is 11.5 Å². The molecule has 7 heteroatoms. The van der Waals surface area contributed by atoms with E-state index >= 15 is 0 Å². The predicted molar refractivity (Wildman–Crippen MR) is 73.6 cm³/mol. The number of rotatable bonds is 5. The van der Waals surface area contributed by atoms with Gasteiger partial charge in [-0.15, -0.1) is 11.8 Å². The molecule has 108 valence electrons. The van der Waals surface area contributed by atoms with Crippen LogP contribution in [0.2, 0.25) is 0 Å². The van der Waals surface area contributed by atoms with Crippen LogP contribution in [0.15, 0.2) is 17.0 Å². The molecule has 2 rings (SSSR count). The highest BCUT2D eigenvalue weighted by Crippen LogP contribution is 2.38. The van der Waals surface area contributed by atoms with Crippen LogP contribution in [0.4, 0.5) is 0 Å². The van der Waals surface area contributed by atoms with Gasteiger partial charge in [-0.25, -0.2) is 0 Å². The standard InChI is InChI=1S/C13H15NO5S/c1-14(2)13(17)8-5-9-10(19-7-18-9)6-11(8)20-4-3-12(15)16/h5-6H,3-4,7H2,1-2H3,(H,15,16). The van der Waals surface area contributed by atoms with Crippen LogP contribution >= 0.6 is 11.8 Å². The Bertz CT molecular complexity index is 544. The van der Waals surface area contributed by atoms with Gasteiger partial charge in [-0.05, 0) is 12.1 Å². The molecular weight excluding hydrogens is 282 g/mol. The molecular formula is C13H15NO5S. The summed E-state index contributed by atoms with van der Waals surface area (Å²) < 4.78 is 10.6. The number of carboxylic acids is 1. The number of thioether (sulfide) groups is 1. The summed E-state index contributed by atoms with van der Waals surface area (Å²) in [6, 6.07) is 3.37. The average Bonchev–Trinajstić information content (AvgIpc) is 2.83. The molecule has 0 aromatic heterocycles. The quantitative estimate of drug-likeness (QED) is 0.833. The first kappa shape index (κ1) is 14.5. The number of amides is 1. The molecule has 6 nitrogen and oxygen atoms in total. The monoisotopic (exact) mass is 297 g/mol. The summed E-state index contributed by atoms with van der Waals surface area (Å²) in [6.07, 6.45) is 0.0364. The largest absolute Gasteiger partial charge is 0.481 e. The van der Waals surface area contributed by atoms with E-state index in [1.165, 1.54) is 16.7 Å². The van der Waals surface area contributed by atoms with Crippen molar-refractivity contribution < 1.29 is 24.2 Å². The summed E-state index contributed by atoms with van der Waals surface area (Å²) in [5, 5.41) is 8.68. The van der Waals surface area contributed by atoms with Crippen molar-refractivity contribution in [2.24, 2.45) is 0 Å². The van der Waals surface area contributed by atoms with Gasteiger partial charge in [-0.2, -0.15) is 0 Å². The first-order chi connectivity index (χ1) is 9.49. The van der Waals surface area contributed by atoms with E-state index in [1.807, 2.05) is 0 Å². The van der Waals surface area contributed by atoms with Gasteiger partial charge in [0.15, 0.2) is 11.5 Å². The maximum atomic E-state index is 12.2. The van der Waals surface area contributed by atoms with Gasteiger partial charge in [0, 0.05) is 24.7 Å². The van der Waals surface area contributed by atoms with Crippen LogP contribution in [0.3, 0.4) is 0 Å². The van der Waals surface area contributed by atoms with Crippen molar-refractivity contribution in [3.05, 3.63) is 17.7 Å². The van der Waals surface area contributed by atoms with Gasteiger partial charge < -0.3 is 19.5 Å². The zero-order valence-corrected chi connectivity index (χ0v) is 12.0. The molecule has 0 unspecified atom stereocenters. The van der Waals surface area contributed by atoms with Crippen molar-refractivity contribution in [1.29, 1.82) is 0 Å². The highest BCUT2D eigenvalue weighted by Gasteiger charge is 2.22. The number of carboxylic acid groups (broad SMARTS) is 1. The second-order valence-corrected chi connectivity index (χ2v) is 5.53. The molecule has 1 heterocycles. The second kappa shape index (κ2) is 6.04. The predicted octanol–water partition coefficient (Wildman–Crippen LogP) is 1.68. The Morgan fingerprint density at radius 2 is 1.95 bits per heavy atom. The molecule has 0 atom stereocenters. The van der Waals surface area contributed by atoms with Crippen molar-refractivity contribution in [1.82, 2.24) is 4.90 Å². The Morgan fingerprint density at radius 3 is 2.55 bits per heavy atom. The van der Waals surface area contributed by atoms with E-state index in [-0.39, 0.29) is 19.1 Å². The lowest BCUT2D eigenvalue weighted by atomic mass is 10.2. The van der Waals surface area contributed by atoms with Crippen LogP contribution in [-0.2, 0) is 4.79 Å². The Morgan fingerprint density at radius 1 is 1.30 bits per heavy atom. The fourth-order valence-corrected chi connectivity index (χ4v) is 2.69. The van der Waals surface area contributed by atoms with E-state index < -0.39 is 5.97 Å². The number of fused-ring (bicyclic) bond motifs is 1. The van der Waals surface area contributed by atoms with E-state index in [9.17, 15) is 9.59 Å². The zero-order chi connectivity index (χ0) is 14.7. The van der Waals surface area contributed by atoms with Crippen LogP contribution < -0.4 is 9.47 Å². The molecule has 1 aromatic rings. The first-order valence-electron chi connectivity index (χ1n) is 5.99. The molecule has 0 radical (unpaired) electrons. The van der Waals surface area contributed by atoms with Crippen LogP contribution in [0.25, 0.3) is 0 Å². The zero-order valence-electron chi connectivity index (χ0n) is 11.2. The number of benzene rings is 1. The number of carbonyl (C=O) groups is 2. The lowest BCUT2D eigenvalue weighted by Crippen LogP contribution is -2.22. The Labute approximate surface area is 120 Å². The summed E-state index contributed by atoms with van der Waals surface area (Å²) in [7, 11) is 3.33. The van der Waals surface area contributed by atoms with E-state index in [4.69, 9.17) is 14.6 Å². The van der Waals surface area contributed by atoms with Gasteiger partial charge in [0.05, 0.1) is 12.0 Å². The SMILES string of the molecule is CN(C)C(=O)c1cc2c(cc1SCCC(=O)O)OCO2. The van der Waals surface area contributed by atoms with Crippen molar-refractivity contribution in [2.75, 3.05) is 26.6 Å². The van der Waals surface area contributed by atoms with E-state index in [2.05, 4.69) is 0 Å². The van der Waals surface area contributed by atoms with E-state index in [1.54, 1.807) is 26.2 Å². The summed E-state index contributed by atoms with van der Waals surface area (Å²) in [4.78, 5) is 24.9. The van der Waals surface area contributed by atoms with Crippen molar-refractivity contribution in [3.8, 4) is 11.5 Å². The van der Waals surface area contributed by atoms with Gasteiger partial charge in [-0.1, -0.05) is 0 Å². The van der Waals surface area contributed by atoms with Gasteiger partial charge in [0.1, 0.15) is 0 Å². The molecule has 0 fully saturated rings. The minimum absolute atomic E-state index is 0.0364. The molecule has 1 N–H and O–H groups in total. The fraction of sp³-hybridized carbons (Fsp3) is 0.385. The number of nitrogens with zero attached hydrogens (tertiary/aromatic N) is 1. The van der Waals surface area contributed by atoms with Gasteiger partial charge in [-0.3, -0.25) is 9.59 Å². The molecule has 0 saturated carbocycles. The molecule has 0 saturated heterocycles. The molecule has 0 aliphatic carbocycles. The minimum atomic E-state index is -0.862. The third kappa shape index (κ3) is 3.16. The molecule has 1 aromatic carbocycles. The van der Waals surface area contributed by atoms with Crippen LogP contribution in [0, 0.1) is 0 Å². The summed E-state index contributed by atoms with van der Waals surface area (Å²) in [5.41, 5.74) is 0.495. The Kier molecular flexibility index (Phi) is 4.39. The summed E-state index contributed by atoms with van der Waals surface area (Å²) in [6.45, 7) is 0.133. The fourth-order valence-electron chi connectivity index (χ4n) is 1.70. The molecule has 1 amide bonds. The van der Waals surface area contributed by atoms with E-state index in [0.717, 1.165) is 0 Å². The van der Waals surface area contributed by atoms with Gasteiger partial charge in [0.2, 0.25) is 6.79 Å². The smallest absolute Gasteiger partial charge is 0.304 e. The second-order valence-electron chi connectivity index (χ2n) is 4.39. The maximum absolute atomic E-state index is 12.2. The number of hydrogen-bond donors (Lipinski definition) is 1. The van der Waals surface area contributed by atoms with E-state index in [0.29, 0.717) is 27.7 Å². The molecule has 20 heavy (non-hydrogen) atoms. The Balaban J connectivity index is 2.27. The lowest BCUT2D eigenvalue weighted by Gasteiger charge is -2.14. The summed E-state index contributed by atoms with van der Waals surface area (Å²) >= 11 is 1.32. The topological polar surface area (TPSA) is 76.1 Å². The molecule has 1 aliphatic heterocycles. The maximum Gasteiger partial charge on any atom is 0.304 e. The van der Waals surface area contributed by atoms with Crippen molar-refractivity contribution in [2.45, 2.75) is 11.3 Å². The average molecular weight is 297 g/mol. The molecule has 0 bridgehead atoms. The normalized spacial score (nSPS) is 12.3. The third-order valence-electron chi connectivity index (χ3n) is 2.68.